The van der Waals surface area contributed by atoms with Gasteiger partial charge in [-0.25, -0.2) is 9.37 Å². The van der Waals surface area contributed by atoms with Crippen LogP contribution in [0.3, 0.4) is 0 Å². The molecule has 0 saturated heterocycles. The zero-order chi connectivity index (χ0) is 14.7. The van der Waals surface area contributed by atoms with Crippen molar-refractivity contribution in [2.24, 2.45) is 0 Å². The van der Waals surface area contributed by atoms with E-state index in [0.29, 0.717) is 0 Å². The molecule has 3 heteroatoms. The molecular weight excluding hydrogens is 281 g/mol. The third-order valence-electron chi connectivity index (χ3n) is 3.26. The molecule has 0 radical (unpaired) electrons. The monoisotopic (exact) mass is 295 g/mol. The van der Waals surface area contributed by atoms with Gasteiger partial charge in [0.2, 0.25) is 0 Å². The van der Waals surface area contributed by atoms with Crippen LogP contribution in [0.4, 0.5) is 4.39 Å². The third kappa shape index (κ3) is 3.26. The van der Waals surface area contributed by atoms with Crippen molar-refractivity contribution in [3.63, 3.8) is 0 Å². The molecule has 0 amide bonds. The first-order valence-corrected chi connectivity index (χ1v) is 7.55. The normalized spacial score (nSPS) is 11.1. The number of aryl methyl sites for hydroxylation is 1. The lowest BCUT2D eigenvalue weighted by Gasteiger charge is -1.97. The maximum Gasteiger partial charge on any atom is 0.123 e. The molecule has 0 spiro atoms. The van der Waals surface area contributed by atoms with Crippen LogP contribution in [0.25, 0.3) is 23.4 Å². The first-order valence-electron chi connectivity index (χ1n) is 6.67. The summed E-state index contributed by atoms with van der Waals surface area (Å²) in [6, 6.07) is 14.6. The lowest BCUT2D eigenvalue weighted by molar-refractivity contribution is 0.628. The van der Waals surface area contributed by atoms with Crippen LogP contribution < -0.4 is 0 Å². The quantitative estimate of drug-likeness (QED) is 0.628. The van der Waals surface area contributed by atoms with Gasteiger partial charge in [-0.05, 0) is 48.4 Å². The molecule has 1 heterocycles. The van der Waals surface area contributed by atoms with Gasteiger partial charge in [-0.1, -0.05) is 30.3 Å². The summed E-state index contributed by atoms with van der Waals surface area (Å²) >= 11 is 1.58. The van der Waals surface area contributed by atoms with E-state index < -0.39 is 0 Å². The SMILES string of the molecule is Cc1ccccc1/C=C/c1nc(-c2ccc(F)cc2)cs1. The zero-order valence-electron chi connectivity index (χ0n) is 11.6. The lowest BCUT2D eigenvalue weighted by atomic mass is 10.1. The van der Waals surface area contributed by atoms with Gasteiger partial charge < -0.3 is 0 Å². The van der Waals surface area contributed by atoms with Crippen molar-refractivity contribution in [1.29, 1.82) is 0 Å². The summed E-state index contributed by atoms with van der Waals surface area (Å²) in [6.07, 6.45) is 4.09. The molecule has 2 aromatic carbocycles. The highest BCUT2D eigenvalue weighted by Crippen LogP contribution is 2.23. The minimum Gasteiger partial charge on any atom is -0.237 e. The van der Waals surface area contributed by atoms with E-state index in [1.165, 1.54) is 23.3 Å². The van der Waals surface area contributed by atoms with E-state index in [-0.39, 0.29) is 5.82 Å². The zero-order valence-corrected chi connectivity index (χ0v) is 12.4. The van der Waals surface area contributed by atoms with Crippen molar-refractivity contribution < 1.29 is 4.39 Å². The van der Waals surface area contributed by atoms with E-state index in [2.05, 4.69) is 30.1 Å². The van der Waals surface area contributed by atoms with Crippen LogP contribution >= 0.6 is 11.3 Å². The van der Waals surface area contributed by atoms with E-state index in [0.717, 1.165) is 16.3 Å². The summed E-state index contributed by atoms with van der Waals surface area (Å²) in [6.45, 7) is 2.09. The number of thiazole rings is 1. The van der Waals surface area contributed by atoms with E-state index in [9.17, 15) is 4.39 Å². The number of aromatic nitrogens is 1. The van der Waals surface area contributed by atoms with Crippen LogP contribution in [0, 0.1) is 12.7 Å². The second-order valence-corrected chi connectivity index (χ2v) is 5.66. The molecule has 0 fully saturated rings. The van der Waals surface area contributed by atoms with Crippen LogP contribution in [0.5, 0.6) is 0 Å². The fourth-order valence-corrected chi connectivity index (χ4v) is 2.77. The molecule has 0 saturated carbocycles. The molecule has 0 N–H and O–H groups in total. The summed E-state index contributed by atoms with van der Waals surface area (Å²) in [5, 5.41) is 2.93. The molecule has 1 aromatic heterocycles. The van der Waals surface area contributed by atoms with E-state index >= 15 is 0 Å². The van der Waals surface area contributed by atoms with Crippen LogP contribution in [0.15, 0.2) is 53.9 Å². The highest BCUT2D eigenvalue weighted by Gasteiger charge is 2.03. The van der Waals surface area contributed by atoms with Gasteiger partial charge in [-0.15, -0.1) is 11.3 Å². The fourth-order valence-electron chi connectivity index (χ4n) is 2.05. The number of nitrogens with zero attached hydrogens (tertiary/aromatic N) is 1. The second-order valence-electron chi connectivity index (χ2n) is 4.77. The Kier molecular flexibility index (Phi) is 3.93. The Labute approximate surface area is 127 Å². The van der Waals surface area contributed by atoms with Crippen LogP contribution in [0.1, 0.15) is 16.1 Å². The van der Waals surface area contributed by atoms with Crippen LogP contribution in [-0.2, 0) is 0 Å². The predicted molar refractivity (Wildman–Crippen MR) is 87.6 cm³/mol. The Bertz CT molecular complexity index is 772. The van der Waals surface area contributed by atoms with Crippen molar-refractivity contribution in [2.45, 2.75) is 6.92 Å². The van der Waals surface area contributed by atoms with Crippen LogP contribution in [0.2, 0.25) is 0 Å². The molecule has 3 rings (SSSR count). The number of benzene rings is 2. The molecule has 0 bridgehead atoms. The molecule has 0 aliphatic heterocycles. The molecule has 1 nitrogen and oxygen atoms in total. The van der Waals surface area contributed by atoms with Gasteiger partial charge in [-0.3, -0.25) is 0 Å². The molecule has 0 aliphatic carbocycles. The molecule has 0 unspecified atom stereocenters. The summed E-state index contributed by atoms with van der Waals surface area (Å²) in [5.41, 5.74) is 4.24. The standard InChI is InChI=1S/C18H14FNS/c1-13-4-2-3-5-14(13)8-11-18-20-17(12-21-18)15-6-9-16(19)10-7-15/h2-12H,1H3/b11-8+. The summed E-state index contributed by atoms with van der Waals surface area (Å²) in [4.78, 5) is 4.56. The van der Waals surface area contributed by atoms with Gasteiger partial charge in [-0.2, -0.15) is 0 Å². The van der Waals surface area contributed by atoms with Gasteiger partial charge in [0.25, 0.3) is 0 Å². The lowest BCUT2D eigenvalue weighted by Crippen LogP contribution is -1.80. The number of halogens is 1. The molecule has 3 aromatic rings. The first kappa shape index (κ1) is 13.7. The fraction of sp³-hybridized carbons (Fsp3) is 0.0556. The largest absolute Gasteiger partial charge is 0.237 e. The second kappa shape index (κ2) is 6.02. The van der Waals surface area contributed by atoms with Gasteiger partial charge in [0.15, 0.2) is 0 Å². The summed E-state index contributed by atoms with van der Waals surface area (Å²) in [5.74, 6) is -0.228. The Morgan fingerprint density at radius 3 is 2.52 bits per heavy atom. The Morgan fingerprint density at radius 2 is 1.76 bits per heavy atom. The van der Waals surface area contributed by atoms with Gasteiger partial charge in [0.05, 0.1) is 5.69 Å². The van der Waals surface area contributed by atoms with Crippen LogP contribution in [-0.4, -0.2) is 4.98 Å². The van der Waals surface area contributed by atoms with Crippen molar-refractivity contribution in [3.05, 3.63) is 75.9 Å². The smallest absolute Gasteiger partial charge is 0.123 e. The van der Waals surface area contributed by atoms with Crippen molar-refractivity contribution >= 4 is 23.5 Å². The first-order chi connectivity index (χ1) is 10.2. The molecule has 21 heavy (non-hydrogen) atoms. The van der Waals surface area contributed by atoms with E-state index in [1.54, 1.807) is 23.5 Å². The topological polar surface area (TPSA) is 12.9 Å². The predicted octanol–water partition coefficient (Wildman–Crippen LogP) is 5.43. The summed E-state index contributed by atoms with van der Waals surface area (Å²) in [7, 11) is 0. The van der Waals surface area contributed by atoms with Gasteiger partial charge in [0.1, 0.15) is 10.8 Å². The van der Waals surface area contributed by atoms with E-state index in [1.807, 2.05) is 23.6 Å². The summed E-state index contributed by atoms with van der Waals surface area (Å²) < 4.78 is 12.9. The van der Waals surface area contributed by atoms with Gasteiger partial charge in [0, 0.05) is 10.9 Å². The third-order valence-corrected chi connectivity index (χ3v) is 4.07. The minimum atomic E-state index is -0.228. The molecule has 0 atom stereocenters. The molecule has 104 valence electrons. The average Bonchev–Trinajstić information content (AvgIpc) is 2.96. The van der Waals surface area contributed by atoms with E-state index in [4.69, 9.17) is 0 Å². The van der Waals surface area contributed by atoms with Crippen molar-refractivity contribution in [3.8, 4) is 11.3 Å². The Hall–Kier alpha value is -2.26. The van der Waals surface area contributed by atoms with Gasteiger partial charge >= 0.3 is 0 Å². The number of hydrogen-bond acceptors (Lipinski definition) is 2. The Balaban J connectivity index is 1.82. The van der Waals surface area contributed by atoms with Crippen molar-refractivity contribution in [2.75, 3.05) is 0 Å². The minimum absolute atomic E-state index is 0.228. The average molecular weight is 295 g/mol. The van der Waals surface area contributed by atoms with Crippen molar-refractivity contribution in [1.82, 2.24) is 4.98 Å². The Morgan fingerprint density at radius 1 is 1.00 bits per heavy atom. The number of hydrogen-bond donors (Lipinski definition) is 0. The maximum absolute atomic E-state index is 12.9. The molecular formula is C18H14FNS. The maximum atomic E-state index is 12.9. The highest BCUT2D eigenvalue weighted by atomic mass is 32.1. The highest BCUT2D eigenvalue weighted by molar-refractivity contribution is 7.10. The number of rotatable bonds is 3. The molecule has 0 aliphatic rings.